The molecular formula is C19H20N2O3. The van der Waals surface area contributed by atoms with Crippen LogP contribution in [0.25, 0.3) is 0 Å². The fourth-order valence-corrected chi connectivity index (χ4v) is 2.86. The third-order valence-corrected chi connectivity index (χ3v) is 4.11. The molecule has 1 aliphatic heterocycles. The van der Waals surface area contributed by atoms with Crippen LogP contribution in [0.15, 0.2) is 48.5 Å². The Kier molecular flexibility index (Phi) is 5.01. The Morgan fingerprint density at radius 2 is 1.96 bits per heavy atom. The first-order valence-corrected chi connectivity index (χ1v) is 8.06. The van der Waals surface area contributed by atoms with Gasteiger partial charge in [0.15, 0.2) is 5.78 Å². The lowest BCUT2D eigenvalue weighted by Gasteiger charge is -2.35. The van der Waals surface area contributed by atoms with Gasteiger partial charge in [-0.15, -0.1) is 0 Å². The van der Waals surface area contributed by atoms with Crippen LogP contribution in [-0.2, 0) is 4.74 Å². The maximum absolute atomic E-state index is 12.8. The van der Waals surface area contributed by atoms with Gasteiger partial charge in [-0.25, -0.2) is 4.98 Å². The lowest BCUT2D eigenvalue weighted by molar-refractivity contribution is -0.00311. The number of rotatable bonds is 4. The van der Waals surface area contributed by atoms with E-state index in [0.717, 1.165) is 5.69 Å². The second-order valence-electron chi connectivity index (χ2n) is 5.88. The number of amides is 1. The second kappa shape index (κ2) is 7.36. The first kappa shape index (κ1) is 16.3. The summed E-state index contributed by atoms with van der Waals surface area (Å²) in [5.74, 6) is -0.131. The number of ketones is 1. The van der Waals surface area contributed by atoms with Crippen molar-refractivity contribution in [2.24, 2.45) is 0 Å². The van der Waals surface area contributed by atoms with E-state index in [4.69, 9.17) is 4.74 Å². The normalized spacial score (nSPS) is 17.5. The number of morpholine rings is 1. The summed E-state index contributed by atoms with van der Waals surface area (Å²) in [6.07, 6.45) is 0.252. The van der Waals surface area contributed by atoms with Crippen molar-refractivity contribution < 1.29 is 14.3 Å². The number of carbonyl (C=O) groups excluding carboxylic acids is 2. The van der Waals surface area contributed by atoms with Gasteiger partial charge in [0.2, 0.25) is 0 Å². The molecule has 1 fully saturated rings. The largest absolute Gasteiger partial charge is 0.377 e. The van der Waals surface area contributed by atoms with Crippen molar-refractivity contribution in [2.75, 3.05) is 19.8 Å². The Morgan fingerprint density at radius 1 is 1.17 bits per heavy atom. The molecule has 124 valence electrons. The zero-order chi connectivity index (χ0) is 16.9. The van der Waals surface area contributed by atoms with Gasteiger partial charge in [0.1, 0.15) is 5.69 Å². The molecule has 5 heteroatoms. The number of hydrogen-bond donors (Lipinski definition) is 0. The predicted octanol–water partition coefficient (Wildman–Crippen LogP) is 2.50. The van der Waals surface area contributed by atoms with Crippen LogP contribution in [0.5, 0.6) is 0 Å². The number of aromatic nitrogens is 1. The van der Waals surface area contributed by atoms with Gasteiger partial charge in [-0.3, -0.25) is 9.59 Å². The van der Waals surface area contributed by atoms with Gasteiger partial charge in [-0.05, 0) is 19.1 Å². The van der Waals surface area contributed by atoms with Crippen molar-refractivity contribution in [1.29, 1.82) is 0 Å². The summed E-state index contributed by atoms with van der Waals surface area (Å²) >= 11 is 0. The summed E-state index contributed by atoms with van der Waals surface area (Å²) in [6.45, 7) is 3.18. The van der Waals surface area contributed by atoms with Gasteiger partial charge in [0, 0.05) is 24.2 Å². The van der Waals surface area contributed by atoms with Crippen LogP contribution in [0.4, 0.5) is 0 Å². The van der Waals surface area contributed by atoms with Gasteiger partial charge >= 0.3 is 0 Å². The van der Waals surface area contributed by atoms with E-state index >= 15 is 0 Å². The Bertz CT molecular complexity index is 730. The van der Waals surface area contributed by atoms with Gasteiger partial charge in [0.05, 0.1) is 19.3 Å². The van der Waals surface area contributed by atoms with Gasteiger partial charge in [-0.1, -0.05) is 36.4 Å². The van der Waals surface area contributed by atoms with Gasteiger partial charge in [0.25, 0.3) is 5.91 Å². The maximum atomic E-state index is 12.8. The summed E-state index contributed by atoms with van der Waals surface area (Å²) in [7, 11) is 0. The highest BCUT2D eigenvalue weighted by Gasteiger charge is 2.30. The summed E-state index contributed by atoms with van der Waals surface area (Å²) < 4.78 is 5.49. The zero-order valence-corrected chi connectivity index (χ0v) is 13.6. The lowest BCUT2D eigenvalue weighted by atomic mass is 10.0. The average Bonchev–Trinajstić information content (AvgIpc) is 2.62. The van der Waals surface area contributed by atoms with E-state index < -0.39 is 0 Å². The standard InChI is InChI=1S/C19H20N2O3/c1-14-6-5-9-17(20-14)19(23)21-10-11-24-13-16(21)12-18(22)15-7-3-2-4-8-15/h2-9,16H,10-13H2,1H3/t16-/m1/s1. The molecular weight excluding hydrogens is 304 g/mol. The Morgan fingerprint density at radius 3 is 2.71 bits per heavy atom. The van der Waals surface area contributed by atoms with Crippen molar-refractivity contribution in [1.82, 2.24) is 9.88 Å². The van der Waals surface area contributed by atoms with Crippen molar-refractivity contribution in [2.45, 2.75) is 19.4 Å². The summed E-state index contributed by atoms with van der Waals surface area (Å²) in [4.78, 5) is 31.3. The molecule has 1 aromatic carbocycles. The van der Waals surface area contributed by atoms with Crippen molar-refractivity contribution in [3.63, 3.8) is 0 Å². The molecule has 1 aromatic heterocycles. The third kappa shape index (κ3) is 3.68. The highest BCUT2D eigenvalue weighted by Crippen LogP contribution is 2.17. The molecule has 24 heavy (non-hydrogen) atoms. The molecule has 0 unspecified atom stereocenters. The molecule has 0 saturated carbocycles. The number of benzene rings is 1. The Balaban J connectivity index is 1.76. The van der Waals surface area contributed by atoms with Crippen LogP contribution in [0.3, 0.4) is 0 Å². The Labute approximate surface area is 141 Å². The molecule has 0 aliphatic carbocycles. The second-order valence-corrected chi connectivity index (χ2v) is 5.88. The SMILES string of the molecule is Cc1cccc(C(=O)N2CCOC[C@H]2CC(=O)c2ccccc2)n1. The number of hydrogen-bond acceptors (Lipinski definition) is 4. The number of nitrogens with zero attached hydrogens (tertiary/aromatic N) is 2. The smallest absolute Gasteiger partial charge is 0.272 e. The summed E-state index contributed by atoms with van der Waals surface area (Å²) in [5, 5.41) is 0. The molecule has 3 rings (SSSR count). The van der Waals surface area contributed by atoms with Gasteiger partial charge < -0.3 is 9.64 Å². The lowest BCUT2D eigenvalue weighted by Crippen LogP contribution is -2.49. The predicted molar refractivity (Wildman–Crippen MR) is 90.0 cm³/mol. The topological polar surface area (TPSA) is 59.5 Å². The number of Topliss-reactive ketones (excluding diaryl/α,β-unsaturated/α-hetero) is 1. The molecule has 1 amide bonds. The van der Waals surface area contributed by atoms with E-state index in [-0.39, 0.29) is 24.2 Å². The van der Waals surface area contributed by atoms with Crippen LogP contribution in [0.2, 0.25) is 0 Å². The molecule has 0 spiro atoms. The monoisotopic (exact) mass is 324 g/mol. The molecule has 0 radical (unpaired) electrons. The van der Waals surface area contributed by atoms with Crippen LogP contribution < -0.4 is 0 Å². The maximum Gasteiger partial charge on any atom is 0.272 e. The fraction of sp³-hybridized carbons (Fsp3) is 0.316. The molecule has 1 saturated heterocycles. The molecule has 2 aromatic rings. The third-order valence-electron chi connectivity index (χ3n) is 4.11. The minimum absolute atomic E-state index is 0.0149. The number of aryl methyl sites for hydroxylation is 1. The van der Waals surface area contributed by atoms with E-state index in [9.17, 15) is 9.59 Å². The Hall–Kier alpha value is -2.53. The molecule has 2 heterocycles. The number of pyridine rings is 1. The van der Waals surface area contributed by atoms with E-state index in [1.54, 1.807) is 23.1 Å². The summed E-state index contributed by atoms with van der Waals surface area (Å²) in [6, 6.07) is 14.3. The van der Waals surface area contributed by atoms with E-state index in [2.05, 4.69) is 4.98 Å². The molecule has 5 nitrogen and oxygen atoms in total. The van der Waals surface area contributed by atoms with Crippen molar-refractivity contribution in [3.05, 3.63) is 65.5 Å². The first-order valence-electron chi connectivity index (χ1n) is 8.06. The van der Waals surface area contributed by atoms with Crippen LogP contribution >= 0.6 is 0 Å². The highest BCUT2D eigenvalue weighted by atomic mass is 16.5. The van der Waals surface area contributed by atoms with Crippen LogP contribution in [-0.4, -0.2) is 47.4 Å². The van der Waals surface area contributed by atoms with Crippen molar-refractivity contribution in [3.8, 4) is 0 Å². The number of ether oxygens (including phenoxy) is 1. The molecule has 0 N–H and O–H groups in total. The quantitative estimate of drug-likeness (QED) is 0.811. The van der Waals surface area contributed by atoms with Crippen LogP contribution in [0, 0.1) is 6.92 Å². The van der Waals surface area contributed by atoms with Gasteiger partial charge in [-0.2, -0.15) is 0 Å². The van der Waals surface area contributed by atoms with E-state index in [0.29, 0.717) is 31.0 Å². The minimum Gasteiger partial charge on any atom is -0.377 e. The minimum atomic E-state index is -0.263. The average molecular weight is 324 g/mol. The molecule has 1 atom stereocenters. The molecule has 1 aliphatic rings. The summed E-state index contributed by atoms with van der Waals surface area (Å²) in [5.41, 5.74) is 1.87. The van der Waals surface area contributed by atoms with Crippen molar-refractivity contribution >= 4 is 11.7 Å². The zero-order valence-electron chi connectivity index (χ0n) is 13.6. The van der Waals surface area contributed by atoms with Crippen LogP contribution in [0.1, 0.15) is 33.0 Å². The number of carbonyl (C=O) groups is 2. The fourth-order valence-electron chi connectivity index (χ4n) is 2.86. The first-order chi connectivity index (χ1) is 11.6. The van der Waals surface area contributed by atoms with E-state index in [1.807, 2.05) is 37.3 Å². The van der Waals surface area contributed by atoms with E-state index in [1.165, 1.54) is 0 Å². The highest BCUT2D eigenvalue weighted by molar-refractivity contribution is 5.97. The molecule has 0 bridgehead atoms.